The third-order valence-corrected chi connectivity index (χ3v) is 4.42. The Morgan fingerprint density at radius 2 is 1.96 bits per heavy atom. The molecule has 0 radical (unpaired) electrons. The predicted molar refractivity (Wildman–Crippen MR) is 94.3 cm³/mol. The molecule has 1 unspecified atom stereocenters. The molecule has 2 aromatic rings. The Morgan fingerprint density at radius 1 is 1.22 bits per heavy atom. The van der Waals surface area contributed by atoms with Gasteiger partial charge in [0.15, 0.2) is 11.5 Å². The molecule has 2 heterocycles. The average Bonchev–Trinajstić information content (AvgIpc) is 3.17. The van der Waals surface area contributed by atoms with Crippen LogP contribution in [-0.2, 0) is 9.59 Å². The minimum Gasteiger partial charge on any atom is -0.480 e. The highest BCUT2D eigenvalue weighted by Gasteiger charge is 2.33. The topological polar surface area (TPSA) is 99.6 Å². The van der Waals surface area contributed by atoms with E-state index in [1.807, 2.05) is 18.2 Å². The van der Waals surface area contributed by atoms with E-state index in [2.05, 4.69) is 10.3 Å². The fraction of sp³-hybridized carbons (Fsp3) is 0.263. The van der Waals surface area contributed by atoms with Crippen LogP contribution in [0.1, 0.15) is 23.3 Å². The highest BCUT2D eigenvalue weighted by molar-refractivity contribution is 5.96. The van der Waals surface area contributed by atoms with Crippen LogP contribution < -0.4 is 5.32 Å². The molecule has 2 amide bonds. The fourth-order valence-electron chi connectivity index (χ4n) is 3.06. The lowest BCUT2D eigenvalue weighted by molar-refractivity contribution is -0.147. The number of likely N-dealkylation sites (tertiary alicyclic amines) is 1. The molecule has 2 N–H and O–H groups in total. The summed E-state index contributed by atoms with van der Waals surface area (Å²) in [5.41, 5.74) is 0.876. The van der Waals surface area contributed by atoms with Crippen LogP contribution in [0.5, 0.6) is 0 Å². The zero-order valence-electron chi connectivity index (χ0n) is 14.4. The highest BCUT2D eigenvalue weighted by Crippen LogP contribution is 2.20. The molecule has 0 bridgehead atoms. The van der Waals surface area contributed by atoms with E-state index in [9.17, 15) is 18.8 Å². The molecule has 0 aliphatic carbocycles. The number of rotatable bonds is 5. The maximum Gasteiger partial charge on any atom is 0.326 e. The smallest absolute Gasteiger partial charge is 0.326 e. The number of carbonyl (C=O) groups excluding carboxylic acids is 2. The lowest BCUT2D eigenvalue weighted by atomic mass is 10.1. The van der Waals surface area contributed by atoms with Crippen LogP contribution in [0.2, 0.25) is 0 Å². The summed E-state index contributed by atoms with van der Waals surface area (Å²) in [6, 6.07) is 9.37. The van der Waals surface area contributed by atoms with Crippen LogP contribution in [0.3, 0.4) is 0 Å². The number of carbonyl (C=O) groups is 3. The van der Waals surface area contributed by atoms with Gasteiger partial charge in [0.1, 0.15) is 6.04 Å². The van der Waals surface area contributed by atoms with Crippen molar-refractivity contribution in [3.05, 3.63) is 54.1 Å². The molecule has 0 saturated carbocycles. The van der Waals surface area contributed by atoms with Crippen LogP contribution in [0, 0.1) is 5.82 Å². The molecule has 1 aliphatic heterocycles. The average molecular weight is 371 g/mol. The van der Waals surface area contributed by atoms with Crippen LogP contribution in [-0.4, -0.2) is 51.9 Å². The Kier molecular flexibility index (Phi) is 5.44. The molecule has 27 heavy (non-hydrogen) atoms. The minimum atomic E-state index is -1.07. The number of pyridine rings is 1. The minimum absolute atomic E-state index is 0.323. The molecule has 140 valence electrons. The van der Waals surface area contributed by atoms with E-state index in [1.165, 1.54) is 17.2 Å². The molecule has 1 aliphatic rings. The van der Waals surface area contributed by atoms with Gasteiger partial charge in [-0.15, -0.1) is 0 Å². The first-order valence-corrected chi connectivity index (χ1v) is 8.49. The SMILES string of the molecule is O=C(NCC(=O)N1CCCC1C(=O)O)c1ncc(-c2ccccc2)cc1F. The van der Waals surface area contributed by atoms with E-state index in [-0.39, 0.29) is 0 Å². The third-order valence-electron chi connectivity index (χ3n) is 4.42. The molecule has 0 spiro atoms. The summed E-state index contributed by atoms with van der Waals surface area (Å²) in [6.07, 6.45) is 2.36. The second-order valence-electron chi connectivity index (χ2n) is 6.19. The maximum atomic E-state index is 14.3. The van der Waals surface area contributed by atoms with Crippen LogP contribution in [0.15, 0.2) is 42.6 Å². The molecule has 1 aromatic heterocycles. The molecule has 1 aromatic carbocycles. The Labute approximate surface area is 154 Å². The van der Waals surface area contributed by atoms with E-state index in [0.29, 0.717) is 24.9 Å². The van der Waals surface area contributed by atoms with Gasteiger partial charge in [-0.25, -0.2) is 14.2 Å². The van der Waals surface area contributed by atoms with Gasteiger partial charge in [-0.05, 0) is 24.5 Å². The molecular formula is C19H18FN3O4. The largest absolute Gasteiger partial charge is 0.480 e. The van der Waals surface area contributed by atoms with E-state index < -0.39 is 41.9 Å². The van der Waals surface area contributed by atoms with Crippen LogP contribution in [0.4, 0.5) is 4.39 Å². The Bertz CT molecular complexity index is 873. The van der Waals surface area contributed by atoms with Gasteiger partial charge in [-0.2, -0.15) is 0 Å². The normalized spacial score (nSPS) is 16.2. The molecule has 1 atom stereocenters. The zero-order valence-corrected chi connectivity index (χ0v) is 14.4. The molecule has 7 nitrogen and oxygen atoms in total. The van der Waals surface area contributed by atoms with Crippen molar-refractivity contribution in [3.8, 4) is 11.1 Å². The second-order valence-corrected chi connectivity index (χ2v) is 6.19. The Balaban J connectivity index is 1.64. The lowest BCUT2D eigenvalue weighted by Crippen LogP contribution is -2.45. The van der Waals surface area contributed by atoms with Gasteiger partial charge < -0.3 is 15.3 Å². The molecular weight excluding hydrogens is 353 g/mol. The maximum absolute atomic E-state index is 14.3. The van der Waals surface area contributed by atoms with E-state index in [1.54, 1.807) is 12.1 Å². The van der Waals surface area contributed by atoms with Gasteiger partial charge in [0.05, 0.1) is 6.54 Å². The van der Waals surface area contributed by atoms with Crippen molar-refractivity contribution in [2.45, 2.75) is 18.9 Å². The number of nitrogens with one attached hydrogen (secondary N) is 1. The summed E-state index contributed by atoms with van der Waals surface area (Å²) >= 11 is 0. The van der Waals surface area contributed by atoms with Gasteiger partial charge >= 0.3 is 5.97 Å². The Hall–Kier alpha value is -3.29. The number of carboxylic acids is 1. The summed E-state index contributed by atoms with van der Waals surface area (Å²) < 4.78 is 14.3. The second kappa shape index (κ2) is 7.94. The number of hydrogen-bond acceptors (Lipinski definition) is 4. The van der Waals surface area contributed by atoms with E-state index in [0.717, 1.165) is 5.56 Å². The van der Waals surface area contributed by atoms with Crippen molar-refractivity contribution in [3.63, 3.8) is 0 Å². The first-order valence-electron chi connectivity index (χ1n) is 8.49. The van der Waals surface area contributed by atoms with Gasteiger partial charge in [0, 0.05) is 18.3 Å². The van der Waals surface area contributed by atoms with Crippen molar-refractivity contribution in [2.75, 3.05) is 13.1 Å². The van der Waals surface area contributed by atoms with E-state index >= 15 is 0 Å². The zero-order chi connectivity index (χ0) is 19.4. The standard InChI is InChI=1S/C19H18FN3O4/c20-14-9-13(12-5-2-1-3-6-12)10-21-17(14)18(25)22-11-16(24)23-8-4-7-15(23)19(26)27/h1-3,5-6,9-10,15H,4,7-8,11H2,(H,22,25)(H,26,27). The van der Waals surface area contributed by atoms with Gasteiger partial charge in [0.2, 0.25) is 5.91 Å². The van der Waals surface area contributed by atoms with Gasteiger partial charge in [-0.3, -0.25) is 9.59 Å². The molecule has 8 heteroatoms. The number of benzene rings is 1. The molecule has 3 rings (SSSR count). The third kappa shape index (κ3) is 4.11. The van der Waals surface area contributed by atoms with Crippen molar-refractivity contribution >= 4 is 17.8 Å². The van der Waals surface area contributed by atoms with Gasteiger partial charge in [-0.1, -0.05) is 30.3 Å². The molecule has 1 saturated heterocycles. The monoisotopic (exact) mass is 371 g/mol. The number of halogens is 1. The van der Waals surface area contributed by atoms with Crippen molar-refractivity contribution in [2.24, 2.45) is 0 Å². The summed E-state index contributed by atoms with van der Waals surface area (Å²) in [6.45, 7) is -0.0891. The number of aliphatic carboxylic acids is 1. The van der Waals surface area contributed by atoms with E-state index in [4.69, 9.17) is 5.11 Å². The first-order chi connectivity index (χ1) is 13.0. The predicted octanol–water partition coefficient (Wildman–Crippen LogP) is 1.69. The number of amides is 2. The van der Waals surface area contributed by atoms with Gasteiger partial charge in [0.25, 0.3) is 5.91 Å². The number of hydrogen-bond donors (Lipinski definition) is 2. The van der Waals surface area contributed by atoms with Crippen LogP contribution >= 0.6 is 0 Å². The van der Waals surface area contributed by atoms with Crippen molar-refractivity contribution in [1.29, 1.82) is 0 Å². The number of carboxylic acid groups (broad SMARTS) is 1. The number of aromatic nitrogens is 1. The molecule has 1 fully saturated rings. The first kappa shape index (κ1) is 18.5. The summed E-state index contributed by atoms with van der Waals surface area (Å²) in [5.74, 6) is -3.22. The van der Waals surface area contributed by atoms with Crippen molar-refractivity contribution in [1.82, 2.24) is 15.2 Å². The summed E-state index contributed by atoms with van der Waals surface area (Å²) in [7, 11) is 0. The van der Waals surface area contributed by atoms with Crippen LogP contribution in [0.25, 0.3) is 11.1 Å². The Morgan fingerprint density at radius 3 is 2.63 bits per heavy atom. The number of nitrogens with zero attached hydrogens (tertiary/aromatic N) is 2. The van der Waals surface area contributed by atoms with Crippen molar-refractivity contribution < 1.29 is 23.9 Å². The highest BCUT2D eigenvalue weighted by atomic mass is 19.1. The summed E-state index contributed by atoms with van der Waals surface area (Å²) in [4.78, 5) is 40.5. The lowest BCUT2D eigenvalue weighted by Gasteiger charge is -2.21. The summed E-state index contributed by atoms with van der Waals surface area (Å²) in [5, 5.41) is 11.4. The fourth-order valence-corrected chi connectivity index (χ4v) is 3.06. The quantitative estimate of drug-likeness (QED) is 0.833.